The van der Waals surface area contributed by atoms with Gasteiger partial charge in [0, 0.05) is 6.20 Å². The fraction of sp³-hybridized carbons (Fsp3) is 0.455. The zero-order chi connectivity index (χ0) is 13.1. The van der Waals surface area contributed by atoms with Crippen molar-refractivity contribution in [2.24, 2.45) is 0 Å². The number of ether oxygens (including phenoxy) is 1. The zero-order valence-electron chi connectivity index (χ0n) is 10.3. The molecule has 0 bridgehead atoms. The standard InChI is InChI=1S/C11H15N3O3/c1-7-12-5-8(6-15)9(13-7)14-10(16)17-11(2,3)4/h5-6H,1-4H3,(H,12,13,14,16). The highest BCUT2D eigenvalue weighted by Crippen LogP contribution is 2.12. The maximum Gasteiger partial charge on any atom is 0.413 e. The van der Waals surface area contributed by atoms with Gasteiger partial charge in [0.15, 0.2) is 6.29 Å². The number of aldehydes is 1. The summed E-state index contributed by atoms with van der Waals surface area (Å²) in [6.45, 7) is 6.91. The summed E-state index contributed by atoms with van der Waals surface area (Å²) < 4.78 is 5.05. The van der Waals surface area contributed by atoms with Crippen molar-refractivity contribution in [2.45, 2.75) is 33.3 Å². The third kappa shape index (κ3) is 4.18. The first-order chi connectivity index (χ1) is 7.81. The SMILES string of the molecule is Cc1ncc(C=O)c(NC(=O)OC(C)(C)C)n1. The van der Waals surface area contributed by atoms with Gasteiger partial charge in [-0.15, -0.1) is 0 Å². The van der Waals surface area contributed by atoms with Crippen LogP contribution in [0.5, 0.6) is 0 Å². The van der Waals surface area contributed by atoms with Crippen molar-refractivity contribution >= 4 is 18.2 Å². The number of carbonyl (C=O) groups is 2. The molecular formula is C11H15N3O3. The van der Waals surface area contributed by atoms with Gasteiger partial charge in [0.2, 0.25) is 0 Å². The maximum atomic E-state index is 11.5. The highest BCUT2D eigenvalue weighted by atomic mass is 16.6. The first-order valence-corrected chi connectivity index (χ1v) is 5.10. The average molecular weight is 237 g/mol. The van der Waals surface area contributed by atoms with Gasteiger partial charge in [0.05, 0.1) is 5.56 Å². The number of anilines is 1. The van der Waals surface area contributed by atoms with E-state index in [-0.39, 0.29) is 11.4 Å². The number of hydrogen-bond donors (Lipinski definition) is 1. The van der Waals surface area contributed by atoms with Crippen LogP contribution in [-0.2, 0) is 4.74 Å². The largest absolute Gasteiger partial charge is 0.444 e. The van der Waals surface area contributed by atoms with Gasteiger partial charge in [-0.3, -0.25) is 10.1 Å². The van der Waals surface area contributed by atoms with Crippen LogP contribution in [0.25, 0.3) is 0 Å². The first-order valence-electron chi connectivity index (χ1n) is 5.10. The number of nitrogens with one attached hydrogen (secondary N) is 1. The van der Waals surface area contributed by atoms with Crippen LogP contribution in [0.1, 0.15) is 37.0 Å². The van der Waals surface area contributed by atoms with Gasteiger partial charge < -0.3 is 4.74 Å². The minimum Gasteiger partial charge on any atom is -0.444 e. The van der Waals surface area contributed by atoms with E-state index in [9.17, 15) is 9.59 Å². The van der Waals surface area contributed by atoms with Crippen molar-refractivity contribution in [3.05, 3.63) is 17.6 Å². The van der Waals surface area contributed by atoms with Gasteiger partial charge in [-0.25, -0.2) is 14.8 Å². The Bertz CT molecular complexity index is 438. The van der Waals surface area contributed by atoms with Crippen molar-refractivity contribution in [1.29, 1.82) is 0 Å². The van der Waals surface area contributed by atoms with Gasteiger partial charge in [-0.05, 0) is 27.7 Å². The summed E-state index contributed by atoms with van der Waals surface area (Å²) in [6.07, 6.45) is 1.27. The van der Waals surface area contributed by atoms with E-state index in [1.54, 1.807) is 27.7 Å². The molecule has 1 heterocycles. The second kappa shape index (κ2) is 4.90. The molecule has 0 spiro atoms. The smallest absolute Gasteiger partial charge is 0.413 e. The molecule has 1 amide bonds. The Balaban J connectivity index is 2.84. The molecule has 0 saturated heterocycles. The molecule has 1 aromatic heterocycles. The van der Waals surface area contributed by atoms with Crippen molar-refractivity contribution in [3.63, 3.8) is 0 Å². The summed E-state index contributed by atoms with van der Waals surface area (Å²) in [7, 11) is 0. The van der Waals surface area contributed by atoms with Crippen LogP contribution >= 0.6 is 0 Å². The molecule has 1 rings (SSSR count). The molecule has 1 aromatic rings. The van der Waals surface area contributed by atoms with Crippen molar-refractivity contribution in [3.8, 4) is 0 Å². The van der Waals surface area contributed by atoms with Crippen LogP contribution in [-0.4, -0.2) is 27.9 Å². The van der Waals surface area contributed by atoms with Gasteiger partial charge in [-0.2, -0.15) is 0 Å². The predicted octanol–water partition coefficient (Wildman–Crippen LogP) is 1.94. The maximum absolute atomic E-state index is 11.5. The molecule has 0 atom stereocenters. The lowest BCUT2D eigenvalue weighted by Crippen LogP contribution is -2.28. The third-order valence-electron chi connectivity index (χ3n) is 1.68. The second-order valence-corrected chi connectivity index (χ2v) is 4.47. The Labute approximate surface area is 99.4 Å². The van der Waals surface area contributed by atoms with Gasteiger partial charge in [0.1, 0.15) is 17.2 Å². The molecule has 1 N–H and O–H groups in total. The molecule has 6 heteroatoms. The zero-order valence-corrected chi connectivity index (χ0v) is 10.3. The van der Waals surface area contributed by atoms with E-state index in [0.29, 0.717) is 12.1 Å². The Hall–Kier alpha value is -1.98. The molecule has 0 saturated carbocycles. The van der Waals surface area contributed by atoms with E-state index in [0.717, 1.165) is 0 Å². The molecule has 0 aliphatic rings. The number of aryl methyl sites for hydroxylation is 1. The Morgan fingerprint density at radius 1 is 1.47 bits per heavy atom. The lowest BCUT2D eigenvalue weighted by atomic mass is 10.2. The van der Waals surface area contributed by atoms with Gasteiger partial charge >= 0.3 is 6.09 Å². The number of hydrogen-bond acceptors (Lipinski definition) is 5. The fourth-order valence-corrected chi connectivity index (χ4v) is 1.07. The van der Waals surface area contributed by atoms with E-state index in [2.05, 4.69) is 15.3 Å². The minimum atomic E-state index is -0.654. The first kappa shape index (κ1) is 13.1. The number of rotatable bonds is 2. The topological polar surface area (TPSA) is 81.2 Å². The van der Waals surface area contributed by atoms with E-state index < -0.39 is 11.7 Å². The molecule has 92 valence electrons. The minimum absolute atomic E-state index is 0.154. The third-order valence-corrected chi connectivity index (χ3v) is 1.68. The predicted molar refractivity (Wildman–Crippen MR) is 62.0 cm³/mol. The highest BCUT2D eigenvalue weighted by molar-refractivity contribution is 5.91. The van der Waals surface area contributed by atoms with E-state index in [1.807, 2.05) is 0 Å². The summed E-state index contributed by atoms with van der Waals surface area (Å²) in [5.41, 5.74) is -0.394. The molecule has 17 heavy (non-hydrogen) atoms. The Kier molecular flexibility index (Phi) is 3.77. The monoisotopic (exact) mass is 237 g/mol. The normalized spacial score (nSPS) is 10.8. The van der Waals surface area contributed by atoms with E-state index in [4.69, 9.17) is 4.74 Å². The van der Waals surface area contributed by atoms with Crippen LogP contribution in [0.2, 0.25) is 0 Å². The van der Waals surface area contributed by atoms with Crippen LogP contribution < -0.4 is 5.32 Å². The Morgan fingerprint density at radius 3 is 2.65 bits per heavy atom. The average Bonchev–Trinajstić information content (AvgIpc) is 2.14. The molecular weight excluding hydrogens is 222 g/mol. The van der Waals surface area contributed by atoms with Crippen LogP contribution in [0.3, 0.4) is 0 Å². The molecule has 0 unspecified atom stereocenters. The van der Waals surface area contributed by atoms with E-state index in [1.165, 1.54) is 6.20 Å². The van der Waals surface area contributed by atoms with E-state index >= 15 is 0 Å². The van der Waals surface area contributed by atoms with Crippen molar-refractivity contribution in [1.82, 2.24) is 9.97 Å². The summed E-state index contributed by atoms with van der Waals surface area (Å²) in [6, 6.07) is 0. The number of amides is 1. The van der Waals surface area contributed by atoms with Crippen LogP contribution in [0.15, 0.2) is 6.20 Å². The quantitative estimate of drug-likeness (QED) is 0.795. The molecule has 0 aliphatic carbocycles. The molecule has 0 radical (unpaired) electrons. The van der Waals surface area contributed by atoms with Gasteiger partial charge in [0.25, 0.3) is 0 Å². The fourth-order valence-electron chi connectivity index (χ4n) is 1.07. The lowest BCUT2D eigenvalue weighted by molar-refractivity contribution is 0.0635. The summed E-state index contributed by atoms with van der Waals surface area (Å²) >= 11 is 0. The number of nitrogens with zero attached hydrogens (tertiary/aromatic N) is 2. The lowest BCUT2D eigenvalue weighted by Gasteiger charge is -2.19. The van der Waals surface area contributed by atoms with Crippen molar-refractivity contribution < 1.29 is 14.3 Å². The molecule has 0 aliphatic heterocycles. The van der Waals surface area contributed by atoms with Crippen LogP contribution in [0.4, 0.5) is 10.6 Å². The molecule has 0 aromatic carbocycles. The second-order valence-electron chi connectivity index (χ2n) is 4.47. The summed E-state index contributed by atoms with van der Waals surface area (Å²) in [5.74, 6) is 0.614. The van der Waals surface area contributed by atoms with Gasteiger partial charge in [-0.1, -0.05) is 0 Å². The molecule has 0 fully saturated rings. The molecule has 6 nitrogen and oxygen atoms in total. The summed E-state index contributed by atoms with van der Waals surface area (Å²) in [4.78, 5) is 30.0. The van der Waals surface area contributed by atoms with Crippen molar-refractivity contribution in [2.75, 3.05) is 5.32 Å². The summed E-state index contributed by atoms with van der Waals surface area (Å²) in [5, 5.41) is 2.42. The highest BCUT2D eigenvalue weighted by Gasteiger charge is 2.17. The van der Waals surface area contributed by atoms with Crippen LogP contribution in [0, 0.1) is 6.92 Å². The number of aromatic nitrogens is 2. The number of carbonyl (C=O) groups excluding carboxylic acids is 2. The Morgan fingerprint density at radius 2 is 2.12 bits per heavy atom.